The van der Waals surface area contributed by atoms with E-state index in [0.29, 0.717) is 22.3 Å². The minimum absolute atomic E-state index is 0.0138. The second-order valence-electron chi connectivity index (χ2n) is 6.53. The zero-order valence-corrected chi connectivity index (χ0v) is 15.9. The Kier molecular flexibility index (Phi) is 4.52. The molecule has 0 bridgehead atoms. The zero-order chi connectivity index (χ0) is 20.7. The van der Waals surface area contributed by atoms with Crippen LogP contribution in [0.3, 0.4) is 0 Å². The van der Waals surface area contributed by atoms with E-state index in [-0.39, 0.29) is 34.4 Å². The lowest BCUT2D eigenvalue weighted by molar-refractivity contribution is -0.128. The highest BCUT2D eigenvalue weighted by Gasteiger charge is 2.33. The van der Waals surface area contributed by atoms with Crippen molar-refractivity contribution in [3.8, 4) is 0 Å². The molecule has 2 aromatic carbocycles. The van der Waals surface area contributed by atoms with E-state index in [9.17, 15) is 19.2 Å². The van der Waals surface area contributed by atoms with Crippen molar-refractivity contribution in [2.75, 3.05) is 6.54 Å². The van der Waals surface area contributed by atoms with Gasteiger partial charge in [0.2, 0.25) is 0 Å². The van der Waals surface area contributed by atoms with E-state index in [1.54, 1.807) is 30.3 Å². The van der Waals surface area contributed by atoms with Gasteiger partial charge >= 0.3 is 0 Å². The molecular formula is C22H14N2O4S. The lowest BCUT2D eigenvalue weighted by Crippen LogP contribution is -2.53. The van der Waals surface area contributed by atoms with E-state index in [1.807, 2.05) is 0 Å². The molecule has 2 aliphatic rings. The highest BCUT2D eigenvalue weighted by Crippen LogP contribution is 2.28. The Morgan fingerprint density at radius 2 is 1.55 bits per heavy atom. The monoisotopic (exact) mass is 402 g/mol. The molecule has 1 fully saturated rings. The van der Waals surface area contributed by atoms with Crippen LogP contribution in [0.25, 0.3) is 6.08 Å². The van der Waals surface area contributed by atoms with Gasteiger partial charge in [0.1, 0.15) is 5.57 Å². The number of amides is 2. The summed E-state index contributed by atoms with van der Waals surface area (Å²) in [4.78, 5) is 51.7. The molecule has 1 heterocycles. The second-order valence-corrected chi connectivity index (χ2v) is 6.92. The number of fused-ring (bicyclic) bond motifs is 2. The fraction of sp³-hybridized carbons (Fsp3) is 0.0455. The average Bonchev–Trinajstić information content (AvgIpc) is 2.72. The maximum atomic E-state index is 12.9. The van der Waals surface area contributed by atoms with Gasteiger partial charge in [0.05, 0.1) is 0 Å². The van der Waals surface area contributed by atoms with E-state index < -0.39 is 11.8 Å². The van der Waals surface area contributed by atoms with E-state index in [2.05, 4.69) is 11.9 Å². The Labute approximate surface area is 171 Å². The van der Waals surface area contributed by atoms with Crippen LogP contribution in [0.15, 0.2) is 60.7 Å². The first-order valence-corrected chi connectivity index (χ1v) is 9.15. The molecule has 1 N–H and O–H groups in total. The van der Waals surface area contributed by atoms with Gasteiger partial charge in [-0.15, -0.1) is 6.58 Å². The van der Waals surface area contributed by atoms with Crippen LogP contribution in [0, 0.1) is 0 Å². The lowest BCUT2D eigenvalue weighted by atomic mass is 9.83. The molecule has 0 unspecified atom stereocenters. The predicted octanol–water partition coefficient (Wildman–Crippen LogP) is 2.27. The van der Waals surface area contributed by atoms with Gasteiger partial charge in [-0.2, -0.15) is 0 Å². The summed E-state index contributed by atoms with van der Waals surface area (Å²) < 4.78 is 0. The fourth-order valence-electron chi connectivity index (χ4n) is 3.36. The number of ketones is 2. The summed E-state index contributed by atoms with van der Waals surface area (Å²) >= 11 is 5.03. The Hall–Kier alpha value is -3.71. The number of rotatable bonds is 3. The molecule has 0 atom stereocenters. The van der Waals surface area contributed by atoms with Crippen molar-refractivity contribution in [2.45, 2.75) is 0 Å². The van der Waals surface area contributed by atoms with Crippen LogP contribution in [0.1, 0.15) is 37.4 Å². The summed E-state index contributed by atoms with van der Waals surface area (Å²) in [5.74, 6) is -1.68. The molecule has 7 heteroatoms. The van der Waals surface area contributed by atoms with E-state index in [4.69, 9.17) is 12.2 Å². The molecule has 6 nitrogen and oxygen atoms in total. The molecule has 1 saturated heterocycles. The zero-order valence-electron chi connectivity index (χ0n) is 15.1. The van der Waals surface area contributed by atoms with E-state index >= 15 is 0 Å². The van der Waals surface area contributed by atoms with Gasteiger partial charge in [0, 0.05) is 28.8 Å². The van der Waals surface area contributed by atoms with E-state index in [1.165, 1.54) is 29.2 Å². The number of hydrogen-bond donors (Lipinski definition) is 1. The number of nitrogens with one attached hydrogen (secondary N) is 1. The van der Waals surface area contributed by atoms with Crippen LogP contribution < -0.4 is 5.32 Å². The predicted molar refractivity (Wildman–Crippen MR) is 110 cm³/mol. The SMILES string of the molecule is C=CCN1C(=O)/C(=C/c2ccc3c(c2)C(=O)c2ccccc2C3=O)C(=O)NC1=S. The van der Waals surface area contributed by atoms with Crippen LogP contribution in [-0.2, 0) is 9.59 Å². The molecule has 142 valence electrons. The average molecular weight is 402 g/mol. The Bertz CT molecular complexity index is 1180. The smallest absolute Gasteiger partial charge is 0.265 e. The highest BCUT2D eigenvalue weighted by atomic mass is 32.1. The van der Waals surface area contributed by atoms with Crippen LogP contribution in [0.2, 0.25) is 0 Å². The van der Waals surface area contributed by atoms with Crippen LogP contribution in [0.5, 0.6) is 0 Å². The van der Waals surface area contributed by atoms with Gasteiger partial charge in [-0.1, -0.05) is 36.4 Å². The minimum Gasteiger partial charge on any atom is -0.298 e. The van der Waals surface area contributed by atoms with Gasteiger partial charge in [-0.3, -0.25) is 29.4 Å². The van der Waals surface area contributed by atoms with Gasteiger partial charge in [0.25, 0.3) is 11.8 Å². The van der Waals surface area contributed by atoms with Crippen LogP contribution in [0.4, 0.5) is 0 Å². The maximum absolute atomic E-state index is 12.9. The van der Waals surface area contributed by atoms with Gasteiger partial charge < -0.3 is 0 Å². The molecule has 1 aliphatic carbocycles. The molecular weight excluding hydrogens is 388 g/mol. The van der Waals surface area contributed by atoms with Crippen molar-refractivity contribution in [1.29, 1.82) is 0 Å². The summed E-state index contributed by atoms with van der Waals surface area (Å²) in [6.45, 7) is 3.73. The lowest BCUT2D eigenvalue weighted by Gasteiger charge is -2.27. The van der Waals surface area contributed by atoms with Crippen molar-refractivity contribution >= 4 is 46.8 Å². The standard InChI is InChI=1S/C22H14N2O4S/c1-2-9-24-21(28)17(20(27)23-22(24)29)11-12-7-8-15-16(10-12)19(26)14-6-4-3-5-13(14)18(15)25/h2-8,10-11H,1,9H2,(H,23,27,29)/b17-11+. The summed E-state index contributed by atoms with van der Waals surface area (Å²) in [7, 11) is 0. The second kappa shape index (κ2) is 7.03. The van der Waals surface area contributed by atoms with Crippen molar-refractivity contribution in [3.05, 3.63) is 88.5 Å². The number of benzene rings is 2. The summed E-state index contributed by atoms with van der Waals surface area (Å²) in [6.07, 6.45) is 2.88. The Morgan fingerprint density at radius 1 is 0.931 bits per heavy atom. The number of carbonyl (C=O) groups is 4. The third kappa shape index (κ3) is 3.01. The number of nitrogens with zero attached hydrogens (tertiary/aromatic N) is 1. The van der Waals surface area contributed by atoms with Crippen LogP contribution in [-0.4, -0.2) is 39.9 Å². The number of thiocarbonyl (C=S) groups is 1. The largest absolute Gasteiger partial charge is 0.298 e. The summed E-state index contributed by atoms with van der Waals surface area (Å²) in [5, 5.41) is 2.48. The molecule has 1 aliphatic heterocycles. The van der Waals surface area contributed by atoms with Crippen molar-refractivity contribution in [3.63, 3.8) is 0 Å². The molecule has 2 amide bonds. The quantitative estimate of drug-likeness (QED) is 0.315. The third-order valence-corrected chi connectivity index (χ3v) is 5.08. The maximum Gasteiger partial charge on any atom is 0.265 e. The first-order chi connectivity index (χ1) is 13.9. The molecule has 0 spiro atoms. The van der Waals surface area contributed by atoms with Gasteiger partial charge in [-0.05, 0) is 36.0 Å². The normalized spacial score (nSPS) is 17.2. The Morgan fingerprint density at radius 3 is 2.21 bits per heavy atom. The number of hydrogen-bond acceptors (Lipinski definition) is 5. The van der Waals surface area contributed by atoms with Crippen molar-refractivity contribution < 1.29 is 19.2 Å². The summed E-state index contributed by atoms with van der Waals surface area (Å²) in [6, 6.07) is 11.3. The fourth-order valence-corrected chi connectivity index (χ4v) is 3.61. The van der Waals surface area contributed by atoms with Crippen LogP contribution >= 0.6 is 12.2 Å². The molecule has 0 radical (unpaired) electrons. The van der Waals surface area contributed by atoms with Crippen molar-refractivity contribution in [1.82, 2.24) is 10.2 Å². The van der Waals surface area contributed by atoms with Crippen molar-refractivity contribution in [2.24, 2.45) is 0 Å². The van der Waals surface area contributed by atoms with Gasteiger partial charge in [-0.25, -0.2) is 0 Å². The first-order valence-electron chi connectivity index (χ1n) is 8.74. The molecule has 29 heavy (non-hydrogen) atoms. The molecule has 0 saturated carbocycles. The number of carbonyl (C=O) groups excluding carboxylic acids is 4. The van der Waals surface area contributed by atoms with E-state index in [0.717, 1.165) is 0 Å². The first kappa shape index (κ1) is 18.6. The Balaban J connectivity index is 1.76. The minimum atomic E-state index is -0.620. The molecule has 4 rings (SSSR count). The summed E-state index contributed by atoms with van der Waals surface area (Å²) in [5.41, 5.74) is 1.58. The van der Waals surface area contributed by atoms with Gasteiger partial charge in [0.15, 0.2) is 16.7 Å². The third-order valence-electron chi connectivity index (χ3n) is 4.76. The molecule has 0 aromatic heterocycles. The molecule has 2 aromatic rings. The topological polar surface area (TPSA) is 83.6 Å². The highest BCUT2D eigenvalue weighted by molar-refractivity contribution is 7.80.